The molecule has 0 radical (unpaired) electrons. The third-order valence-electron chi connectivity index (χ3n) is 4.26. The molecule has 0 saturated heterocycles. The predicted octanol–water partition coefficient (Wildman–Crippen LogP) is 2.32. The molecule has 0 bridgehead atoms. The summed E-state index contributed by atoms with van der Waals surface area (Å²) in [6.45, 7) is 2.80. The van der Waals surface area contributed by atoms with E-state index in [0.29, 0.717) is 19.0 Å². The van der Waals surface area contributed by atoms with E-state index < -0.39 is 0 Å². The third-order valence-corrected chi connectivity index (χ3v) is 4.89. The summed E-state index contributed by atoms with van der Waals surface area (Å²) >= 11 is 1.63. The molecule has 0 atom stereocenters. The number of carbonyl (C=O) groups is 1. The number of aliphatic hydroxyl groups is 1. The normalized spacial score (nSPS) is 25.6. The van der Waals surface area contributed by atoms with Gasteiger partial charge in [-0.1, -0.05) is 0 Å². The van der Waals surface area contributed by atoms with Crippen molar-refractivity contribution in [2.45, 2.75) is 43.6 Å². The summed E-state index contributed by atoms with van der Waals surface area (Å²) in [7, 11) is 0. The molecule has 1 aliphatic rings. The number of hydrogen-bond donors (Lipinski definition) is 1. The van der Waals surface area contributed by atoms with E-state index in [1.807, 2.05) is 19.2 Å². The van der Waals surface area contributed by atoms with Crippen LogP contribution in [0.5, 0.6) is 0 Å². The zero-order valence-corrected chi connectivity index (χ0v) is 13.4. The molecule has 1 saturated carbocycles. The molecule has 1 fully saturated rings. The van der Waals surface area contributed by atoms with Crippen LogP contribution in [0.1, 0.15) is 43.1 Å². The summed E-state index contributed by atoms with van der Waals surface area (Å²) < 4.78 is 4.89. The summed E-state index contributed by atoms with van der Waals surface area (Å²) in [5.74, 6) is 1.23. The van der Waals surface area contributed by atoms with Crippen LogP contribution in [-0.2, 0) is 9.53 Å². The second-order valence-electron chi connectivity index (χ2n) is 5.75. The van der Waals surface area contributed by atoms with Crippen LogP contribution in [0.15, 0.2) is 11.1 Å². The Balaban J connectivity index is 2.06. The summed E-state index contributed by atoms with van der Waals surface area (Å²) in [5, 5.41) is 10.6. The maximum atomic E-state index is 10.4. The first kappa shape index (κ1) is 16.2. The molecule has 1 N–H and O–H groups in total. The summed E-state index contributed by atoms with van der Waals surface area (Å²) in [5.41, 5.74) is 0.705. The van der Waals surface area contributed by atoms with Crippen molar-refractivity contribution < 1.29 is 14.6 Å². The molecule has 1 heterocycles. The molecule has 2 rings (SSSR count). The van der Waals surface area contributed by atoms with E-state index in [-0.39, 0.29) is 12.0 Å². The standard InChI is InChI=1S/C15H22N2O3S/c1-11-7-13(21-2)17-14(16-11)12-3-5-15(8-18,6-4-12)9-20-10-19/h7,10,12,18H,3-6,8-9H2,1-2H3. The van der Waals surface area contributed by atoms with Gasteiger partial charge in [0.05, 0.1) is 18.2 Å². The average molecular weight is 310 g/mol. The molecule has 0 aliphatic heterocycles. The van der Waals surface area contributed by atoms with E-state index >= 15 is 0 Å². The van der Waals surface area contributed by atoms with Gasteiger partial charge in [-0.3, -0.25) is 4.79 Å². The van der Waals surface area contributed by atoms with Gasteiger partial charge in [0.25, 0.3) is 6.47 Å². The molecule has 0 unspecified atom stereocenters. The Bertz CT molecular complexity index is 488. The van der Waals surface area contributed by atoms with Crippen LogP contribution in [0.4, 0.5) is 0 Å². The van der Waals surface area contributed by atoms with E-state index in [2.05, 4.69) is 9.97 Å². The van der Waals surface area contributed by atoms with Crippen LogP contribution in [0.2, 0.25) is 0 Å². The van der Waals surface area contributed by atoms with Crippen LogP contribution < -0.4 is 0 Å². The minimum Gasteiger partial charge on any atom is -0.467 e. The minimum absolute atomic E-state index is 0.0539. The van der Waals surface area contributed by atoms with Crippen molar-refractivity contribution >= 4 is 18.2 Å². The Morgan fingerprint density at radius 3 is 2.76 bits per heavy atom. The highest BCUT2D eigenvalue weighted by atomic mass is 32.2. The Morgan fingerprint density at radius 2 is 2.19 bits per heavy atom. The van der Waals surface area contributed by atoms with Gasteiger partial charge in [-0.25, -0.2) is 9.97 Å². The van der Waals surface area contributed by atoms with Crippen molar-refractivity contribution in [3.8, 4) is 0 Å². The van der Waals surface area contributed by atoms with Crippen molar-refractivity contribution in [1.29, 1.82) is 0 Å². The largest absolute Gasteiger partial charge is 0.467 e. The Labute approximate surface area is 129 Å². The number of rotatable bonds is 6. The Kier molecular flexibility index (Phi) is 5.58. The van der Waals surface area contributed by atoms with Gasteiger partial charge in [-0.05, 0) is 44.9 Å². The number of aromatic nitrogens is 2. The quantitative estimate of drug-likeness (QED) is 0.494. The summed E-state index contributed by atoms with van der Waals surface area (Å²) in [4.78, 5) is 19.6. The molecule has 0 aromatic carbocycles. The van der Waals surface area contributed by atoms with Gasteiger partial charge in [0.1, 0.15) is 5.82 Å². The summed E-state index contributed by atoms with van der Waals surface area (Å²) in [6.07, 6.45) is 5.50. The van der Waals surface area contributed by atoms with E-state index in [1.165, 1.54) is 0 Å². The maximum absolute atomic E-state index is 10.4. The lowest BCUT2D eigenvalue weighted by Gasteiger charge is -2.37. The number of nitrogens with zero attached hydrogens (tertiary/aromatic N) is 2. The van der Waals surface area contributed by atoms with E-state index in [0.717, 1.165) is 42.2 Å². The lowest BCUT2D eigenvalue weighted by molar-refractivity contribution is -0.134. The predicted molar refractivity (Wildman–Crippen MR) is 81.3 cm³/mol. The first-order chi connectivity index (χ1) is 10.1. The van der Waals surface area contributed by atoms with Gasteiger partial charge in [0, 0.05) is 17.0 Å². The molecule has 5 nitrogen and oxygen atoms in total. The van der Waals surface area contributed by atoms with Gasteiger partial charge in [0.15, 0.2) is 0 Å². The van der Waals surface area contributed by atoms with E-state index in [9.17, 15) is 9.90 Å². The van der Waals surface area contributed by atoms with Crippen molar-refractivity contribution in [3.63, 3.8) is 0 Å². The smallest absolute Gasteiger partial charge is 0.293 e. The molecular formula is C15H22N2O3S. The van der Waals surface area contributed by atoms with Crippen LogP contribution in [0.3, 0.4) is 0 Å². The zero-order chi connectivity index (χ0) is 15.3. The number of thioether (sulfide) groups is 1. The molecule has 0 spiro atoms. The van der Waals surface area contributed by atoms with E-state index in [4.69, 9.17) is 4.74 Å². The van der Waals surface area contributed by atoms with Crippen molar-refractivity contribution in [1.82, 2.24) is 9.97 Å². The van der Waals surface area contributed by atoms with Gasteiger partial charge in [-0.15, -0.1) is 11.8 Å². The first-order valence-corrected chi connectivity index (χ1v) is 8.40. The average Bonchev–Trinajstić information content (AvgIpc) is 2.52. The highest BCUT2D eigenvalue weighted by Crippen LogP contribution is 2.42. The molecule has 6 heteroatoms. The number of hydrogen-bond acceptors (Lipinski definition) is 6. The third kappa shape index (κ3) is 3.95. The van der Waals surface area contributed by atoms with Crippen LogP contribution >= 0.6 is 11.8 Å². The number of carbonyl (C=O) groups excluding carboxylic acids is 1. The molecule has 1 aliphatic carbocycles. The molecule has 1 aromatic heterocycles. The molecule has 21 heavy (non-hydrogen) atoms. The molecule has 0 amide bonds. The van der Waals surface area contributed by atoms with Crippen LogP contribution in [0, 0.1) is 12.3 Å². The van der Waals surface area contributed by atoms with Crippen molar-refractivity contribution in [2.24, 2.45) is 5.41 Å². The Morgan fingerprint density at radius 1 is 1.48 bits per heavy atom. The van der Waals surface area contributed by atoms with Gasteiger partial charge < -0.3 is 9.84 Å². The highest BCUT2D eigenvalue weighted by molar-refractivity contribution is 7.98. The van der Waals surface area contributed by atoms with Crippen LogP contribution in [-0.4, -0.2) is 41.0 Å². The zero-order valence-electron chi connectivity index (χ0n) is 12.5. The first-order valence-electron chi connectivity index (χ1n) is 7.18. The van der Waals surface area contributed by atoms with Crippen LogP contribution in [0.25, 0.3) is 0 Å². The number of aryl methyl sites for hydroxylation is 1. The SMILES string of the molecule is CSc1cc(C)nc(C2CCC(CO)(COC=O)CC2)n1. The van der Waals surface area contributed by atoms with Crippen molar-refractivity contribution in [3.05, 3.63) is 17.6 Å². The second kappa shape index (κ2) is 7.22. The topological polar surface area (TPSA) is 72.3 Å². The highest BCUT2D eigenvalue weighted by Gasteiger charge is 2.37. The fourth-order valence-corrected chi connectivity index (χ4v) is 3.37. The lowest BCUT2D eigenvalue weighted by atomic mass is 9.71. The lowest BCUT2D eigenvalue weighted by Crippen LogP contribution is -2.35. The fraction of sp³-hybridized carbons (Fsp3) is 0.667. The molecular weight excluding hydrogens is 288 g/mol. The molecule has 116 valence electrons. The monoisotopic (exact) mass is 310 g/mol. The number of ether oxygens (including phenoxy) is 1. The minimum atomic E-state index is -0.288. The Hall–Kier alpha value is -1.14. The van der Waals surface area contributed by atoms with Crippen molar-refractivity contribution in [2.75, 3.05) is 19.5 Å². The second-order valence-corrected chi connectivity index (χ2v) is 6.58. The maximum Gasteiger partial charge on any atom is 0.293 e. The summed E-state index contributed by atoms with van der Waals surface area (Å²) in [6, 6.07) is 1.99. The van der Waals surface area contributed by atoms with E-state index in [1.54, 1.807) is 11.8 Å². The van der Waals surface area contributed by atoms with Gasteiger partial charge in [-0.2, -0.15) is 0 Å². The van der Waals surface area contributed by atoms with Gasteiger partial charge >= 0.3 is 0 Å². The van der Waals surface area contributed by atoms with Gasteiger partial charge in [0.2, 0.25) is 0 Å². The molecule has 1 aromatic rings. The number of aliphatic hydroxyl groups excluding tert-OH is 1. The fourth-order valence-electron chi connectivity index (χ4n) is 2.90.